The van der Waals surface area contributed by atoms with Gasteiger partial charge in [0, 0.05) is 37.9 Å². The zero-order valence-corrected chi connectivity index (χ0v) is 12.9. The highest BCUT2D eigenvalue weighted by Crippen LogP contribution is 2.31. The van der Waals surface area contributed by atoms with E-state index in [-0.39, 0.29) is 0 Å². The molecule has 2 aromatic rings. The molecule has 3 rings (SSSR count). The van der Waals surface area contributed by atoms with Crippen LogP contribution in [0.4, 0.5) is 5.95 Å². The normalized spacial score (nSPS) is 14.7. The van der Waals surface area contributed by atoms with Gasteiger partial charge in [-0.05, 0) is 24.3 Å². The zero-order chi connectivity index (χ0) is 15.4. The Bertz CT molecular complexity index is 642. The van der Waals surface area contributed by atoms with E-state index in [4.69, 9.17) is 9.47 Å². The maximum Gasteiger partial charge on any atom is 0.225 e. The molecule has 0 aliphatic carbocycles. The number of hydrogen-bond donors (Lipinski definition) is 1. The summed E-state index contributed by atoms with van der Waals surface area (Å²) in [5, 5.41) is 3.33. The number of anilines is 1. The summed E-state index contributed by atoms with van der Waals surface area (Å²) in [6, 6.07) is 7.71. The monoisotopic (exact) mass is 300 g/mol. The lowest BCUT2D eigenvalue weighted by molar-refractivity contribution is 0.355. The highest BCUT2D eigenvalue weighted by molar-refractivity contribution is 5.64. The number of ether oxygens (including phenoxy) is 2. The summed E-state index contributed by atoms with van der Waals surface area (Å²) >= 11 is 0. The van der Waals surface area contributed by atoms with Gasteiger partial charge in [-0.15, -0.1) is 0 Å². The average Bonchev–Trinajstić information content (AvgIpc) is 2.62. The van der Waals surface area contributed by atoms with Crippen molar-refractivity contribution in [1.82, 2.24) is 15.3 Å². The summed E-state index contributed by atoms with van der Waals surface area (Å²) < 4.78 is 10.6. The molecular weight excluding hydrogens is 280 g/mol. The van der Waals surface area contributed by atoms with Crippen LogP contribution in [0, 0.1) is 0 Å². The molecule has 0 unspecified atom stereocenters. The summed E-state index contributed by atoms with van der Waals surface area (Å²) in [6.07, 6.45) is 1.80. The third-order valence-corrected chi connectivity index (χ3v) is 3.72. The summed E-state index contributed by atoms with van der Waals surface area (Å²) in [4.78, 5) is 11.3. The first-order valence-corrected chi connectivity index (χ1v) is 7.33. The molecule has 1 aliphatic rings. The maximum absolute atomic E-state index is 5.36. The van der Waals surface area contributed by atoms with Crippen LogP contribution in [0.1, 0.15) is 0 Å². The second-order valence-electron chi connectivity index (χ2n) is 5.05. The van der Waals surface area contributed by atoms with Gasteiger partial charge in [-0.3, -0.25) is 0 Å². The molecule has 1 N–H and O–H groups in total. The molecule has 6 nitrogen and oxygen atoms in total. The van der Waals surface area contributed by atoms with Crippen molar-refractivity contribution in [2.45, 2.75) is 0 Å². The van der Waals surface area contributed by atoms with Gasteiger partial charge < -0.3 is 19.7 Å². The lowest BCUT2D eigenvalue weighted by Crippen LogP contribution is -2.44. The van der Waals surface area contributed by atoms with Gasteiger partial charge in [-0.25, -0.2) is 9.97 Å². The van der Waals surface area contributed by atoms with Gasteiger partial charge in [0.05, 0.1) is 19.9 Å². The van der Waals surface area contributed by atoms with Crippen LogP contribution in [-0.2, 0) is 0 Å². The molecule has 0 saturated carbocycles. The fourth-order valence-electron chi connectivity index (χ4n) is 2.52. The number of rotatable bonds is 4. The van der Waals surface area contributed by atoms with Crippen molar-refractivity contribution >= 4 is 5.95 Å². The van der Waals surface area contributed by atoms with Gasteiger partial charge in [0.25, 0.3) is 0 Å². The molecule has 22 heavy (non-hydrogen) atoms. The van der Waals surface area contributed by atoms with Crippen LogP contribution < -0.4 is 19.7 Å². The first kappa shape index (κ1) is 14.6. The molecule has 1 aromatic carbocycles. The highest BCUT2D eigenvalue weighted by Gasteiger charge is 2.14. The van der Waals surface area contributed by atoms with Crippen molar-refractivity contribution in [2.24, 2.45) is 0 Å². The van der Waals surface area contributed by atoms with Crippen molar-refractivity contribution in [3.63, 3.8) is 0 Å². The quantitative estimate of drug-likeness (QED) is 0.925. The Hall–Kier alpha value is -2.34. The minimum absolute atomic E-state index is 0.697. The Morgan fingerprint density at radius 3 is 2.55 bits per heavy atom. The zero-order valence-electron chi connectivity index (χ0n) is 12.9. The lowest BCUT2D eigenvalue weighted by Gasteiger charge is -2.27. The fourth-order valence-corrected chi connectivity index (χ4v) is 2.52. The highest BCUT2D eigenvalue weighted by atomic mass is 16.5. The van der Waals surface area contributed by atoms with E-state index in [0.29, 0.717) is 11.5 Å². The smallest absolute Gasteiger partial charge is 0.225 e. The first-order valence-electron chi connectivity index (χ1n) is 7.33. The minimum Gasteiger partial charge on any atom is -0.493 e. The van der Waals surface area contributed by atoms with E-state index in [1.54, 1.807) is 20.4 Å². The van der Waals surface area contributed by atoms with E-state index in [0.717, 1.165) is 43.4 Å². The molecule has 1 saturated heterocycles. The molecule has 1 fully saturated rings. The van der Waals surface area contributed by atoms with Crippen molar-refractivity contribution in [3.05, 3.63) is 30.5 Å². The van der Waals surface area contributed by atoms with Crippen LogP contribution in [0.15, 0.2) is 30.5 Å². The van der Waals surface area contributed by atoms with Gasteiger partial charge in [0.1, 0.15) is 0 Å². The predicted molar refractivity (Wildman–Crippen MR) is 85.7 cm³/mol. The van der Waals surface area contributed by atoms with Crippen LogP contribution in [0.25, 0.3) is 11.3 Å². The van der Waals surface area contributed by atoms with Gasteiger partial charge in [0.15, 0.2) is 11.5 Å². The number of benzene rings is 1. The third kappa shape index (κ3) is 2.96. The van der Waals surface area contributed by atoms with Crippen LogP contribution in [-0.4, -0.2) is 50.4 Å². The van der Waals surface area contributed by atoms with Crippen molar-refractivity contribution in [3.8, 4) is 22.8 Å². The second-order valence-corrected chi connectivity index (χ2v) is 5.05. The predicted octanol–water partition coefficient (Wildman–Crippen LogP) is 1.57. The molecule has 116 valence electrons. The molecule has 0 spiro atoms. The van der Waals surface area contributed by atoms with Gasteiger partial charge in [-0.2, -0.15) is 0 Å². The average molecular weight is 300 g/mol. The van der Waals surface area contributed by atoms with Gasteiger partial charge in [-0.1, -0.05) is 0 Å². The topological polar surface area (TPSA) is 59.5 Å². The Morgan fingerprint density at radius 2 is 1.82 bits per heavy atom. The van der Waals surface area contributed by atoms with Crippen LogP contribution >= 0.6 is 0 Å². The molecule has 1 aromatic heterocycles. The van der Waals surface area contributed by atoms with E-state index in [1.165, 1.54) is 0 Å². The number of aromatic nitrogens is 2. The van der Waals surface area contributed by atoms with Crippen molar-refractivity contribution in [1.29, 1.82) is 0 Å². The van der Waals surface area contributed by atoms with Gasteiger partial charge >= 0.3 is 0 Å². The van der Waals surface area contributed by atoms with Crippen LogP contribution in [0.2, 0.25) is 0 Å². The Morgan fingerprint density at radius 1 is 1.05 bits per heavy atom. The van der Waals surface area contributed by atoms with E-state index in [2.05, 4.69) is 20.2 Å². The second kappa shape index (κ2) is 6.62. The van der Waals surface area contributed by atoms with E-state index < -0.39 is 0 Å². The SMILES string of the molecule is COc1ccc(-c2ccnc(N3CCNCC3)n2)cc1OC. The molecule has 0 bridgehead atoms. The lowest BCUT2D eigenvalue weighted by atomic mass is 10.1. The largest absolute Gasteiger partial charge is 0.493 e. The number of methoxy groups -OCH3 is 2. The minimum atomic E-state index is 0.697. The van der Waals surface area contributed by atoms with E-state index in [9.17, 15) is 0 Å². The fraction of sp³-hybridized carbons (Fsp3) is 0.375. The Labute approximate surface area is 130 Å². The number of nitrogens with one attached hydrogen (secondary N) is 1. The number of piperazine rings is 1. The van der Waals surface area contributed by atoms with Crippen molar-refractivity contribution < 1.29 is 9.47 Å². The summed E-state index contributed by atoms with van der Waals surface area (Å²) in [7, 11) is 3.26. The number of hydrogen-bond acceptors (Lipinski definition) is 6. The third-order valence-electron chi connectivity index (χ3n) is 3.72. The molecular formula is C16H20N4O2. The summed E-state index contributed by atoms with van der Waals surface area (Å²) in [5.74, 6) is 2.18. The van der Waals surface area contributed by atoms with E-state index >= 15 is 0 Å². The molecule has 0 radical (unpaired) electrons. The Balaban J connectivity index is 1.91. The standard InChI is InChI=1S/C16H20N4O2/c1-21-14-4-3-12(11-15(14)22-2)13-5-6-18-16(19-13)20-9-7-17-8-10-20/h3-6,11,17H,7-10H2,1-2H3. The molecule has 1 aliphatic heterocycles. The molecule has 0 atom stereocenters. The maximum atomic E-state index is 5.36. The molecule has 6 heteroatoms. The Kier molecular flexibility index (Phi) is 4.39. The number of nitrogens with zero attached hydrogens (tertiary/aromatic N) is 3. The van der Waals surface area contributed by atoms with Gasteiger partial charge in [0.2, 0.25) is 5.95 Å². The van der Waals surface area contributed by atoms with Crippen LogP contribution in [0.5, 0.6) is 11.5 Å². The van der Waals surface area contributed by atoms with Crippen LogP contribution in [0.3, 0.4) is 0 Å². The molecule has 2 heterocycles. The van der Waals surface area contributed by atoms with E-state index in [1.807, 2.05) is 24.3 Å². The summed E-state index contributed by atoms with van der Waals surface area (Å²) in [5.41, 5.74) is 1.86. The molecule has 0 amide bonds. The van der Waals surface area contributed by atoms with Crippen molar-refractivity contribution in [2.75, 3.05) is 45.3 Å². The summed E-state index contributed by atoms with van der Waals surface area (Å²) in [6.45, 7) is 3.78. The first-order chi connectivity index (χ1) is 10.8.